The van der Waals surface area contributed by atoms with Gasteiger partial charge < -0.3 is 10.2 Å². The van der Waals surface area contributed by atoms with Crippen LogP contribution in [-0.4, -0.2) is 38.9 Å². The van der Waals surface area contributed by atoms with E-state index in [0.717, 1.165) is 30.6 Å². The van der Waals surface area contributed by atoms with E-state index < -0.39 is 11.7 Å². The van der Waals surface area contributed by atoms with Crippen LogP contribution < -0.4 is 10.9 Å². The number of hydrogen-bond acceptors (Lipinski definition) is 5. The van der Waals surface area contributed by atoms with Crippen LogP contribution in [0.15, 0.2) is 29.3 Å². The minimum Gasteiger partial charge on any atom is -0.338 e. The molecule has 3 aromatic rings. The number of piperidine rings is 1. The highest BCUT2D eigenvalue weighted by Gasteiger charge is 2.25. The van der Waals surface area contributed by atoms with Gasteiger partial charge in [0.2, 0.25) is 5.91 Å². The smallest absolute Gasteiger partial charge is 0.266 e. The molecule has 32 heavy (non-hydrogen) atoms. The van der Waals surface area contributed by atoms with E-state index >= 15 is 0 Å². The molecule has 1 aliphatic rings. The molecule has 1 atom stereocenters. The molecule has 0 aliphatic carbocycles. The summed E-state index contributed by atoms with van der Waals surface area (Å²) in [5.41, 5.74) is 0.976. The van der Waals surface area contributed by atoms with E-state index in [9.17, 15) is 18.8 Å². The molecule has 9 heteroatoms. The first-order valence-corrected chi connectivity index (χ1v) is 11.4. The second-order valence-corrected chi connectivity index (χ2v) is 9.26. The van der Waals surface area contributed by atoms with Crippen LogP contribution in [0.5, 0.6) is 0 Å². The molecule has 1 N–H and O–H groups in total. The predicted octanol–water partition coefficient (Wildman–Crippen LogP) is 3.87. The van der Waals surface area contributed by atoms with Gasteiger partial charge in [-0.3, -0.25) is 19.0 Å². The first kappa shape index (κ1) is 22.1. The van der Waals surface area contributed by atoms with E-state index in [0.29, 0.717) is 38.5 Å². The predicted molar refractivity (Wildman–Crippen MR) is 123 cm³/mol. The third-order valence-corrected chi connectivity index (χ3v) is 7.18. The molecule has 2 aromatic heterocycles. The topological polar surface area (TPSA) is 84.3 Å². The minimum atomic E-state index is -0.432. The highest BCUT2D eigenvalue weighted by molar-refractivity contribution is 7.20. The Balaban J connectivity index is 1.60. The molecule has 0 unspecified atom stereocenters. The number of anilines is 1. The molecule has 1 aliphatic heterocycles. The van der Waals surface area contributed by atoms with Crippen molar-refractivity contribution in [2.24, 2.45) is 0 Å². The zero-order valence-corrected chi connectivity index (χ0v) is 19.1. The van der Waals surface area contributed by atoms with Crippen LogP contribution in [0.4, 0.5) is 10.1 Å². The van der Waals surface area contributed by atoms with Gasteiger partial charge >= 0.3 is 0 Å². The normalized spacial score (nSPS) is 16.4. The molecule has 7 nitrogen and oxygen atoms in total. The summed E-state index contributed by atoms with van der Waals surface area (Å²) < 4.78 is 15.1. The number of nitrogens with one attached hydrogen (secondary N) is 1. The lowest BCUT2D eigenvalue weighted by molar-refractivity contribution is -0.135. The maximum absolute atomic E-state index is 13.8. The van der Waals surface area contributed by atoms with Gasteiger partial charge in [0, 0.05) is 18.3 Å². The summed E-state index contributed by atoms with van der Waals surface area (Å²) >= 11 is 1.10. The van der Waals surface area contributed by atoms with Crippen molar-refractivity contribution in [3.8, 4) is 0 Å². The number of nitrogens with zero attached hydrogens (tertiary/aromatic N) is 3. The van der Waals surface area contributed by atoms with Crippen molar-refractivity contribution >= 4 is 39.1 Å². The third kappa shape index (κ3) is 4.17. The summed E-state index contributed by atoms with van der Waals surface area (Å²) in [6.45, 7) is 5.97. The molecule has 168 valence electrons. The molecule has 1 fully saturated rings. The number of benzene rings is 1. The van der Waals surface area contributed by atoms with Crippen LogP contribution in [0.2, 0.25) is 0 Å². The molecule has 0 saturated carbocycles. The van der Waals surface area contributed by atoms with Crippen molar-refractivity contribution < 1.29 is 14.0 Å². The van der Waals surface area contributed by atoms with Gasteiger partial charge in [-0.15, -0.1) is 11.3 Å². The standard InChI is InChI=1S/C23H25FN4O3S/c1-13-7-8-16(10-17(13)24)26-21(30)20-15(3)19-22(32-20)25-12-27(23(19)31)11-18(29)28-9-5-4-6-14(28)2/h7-8,10,12,14H,4-6,9,11H2,1-3H3,(H,26,30)/t14-/m0/s1. The van der Waals surface area contributed by atoms with Crippen LogP contribution in [0.25, 0.3) is 10.2 Å². The molecule has 0 bridgehead atoms. The van der Waals surface area contributed by atoms with Gasteiger partial charge in [0.15, 0.2) is 0 Å². The van der Waals surface area contributed by atoms with Crippen molar-refractivity contribution in [3.05, 3.63) is 56.7 Å². The van der Waals surface area contributed by atoms with Gasteiger partial charge in [-0.2, -0.15) is 0 Å². The molecule has 1 aromatic carbocycles. The SMILES string of the molecule is Cc1ccc(NC(=O)c2sc3ncn(CC(=O)N4CCCC[C@@H]4C)c(=O)c3c2C)cc1F. The molecular formula is C23H25FN4O3S. The maximum Gasteiger partial charge on any atom is 0.266 e. The maximum atomic E-state index is 13.8. The van der Waals surface area contributed by atoms with E-state index in [4.69, 9.17) is 0 Å². The average molecular weight is 457 g/mol. The van der Waals surface area contributed by atoms with Crippen LogP contribution in [0, 0.1) is 19.7 Å². The number of carbonyl (C=O) groups is 2. The number of fused-ring (bicyclic) bond motifs is 1. The average Bonchev–Trinajstić information content (AvgIpc) is 3.10. The fourth-order valence-electron chi connectivity index (χ4n) is 4.05. The summed E-state index contributed by atoms with van der Waals surface area (Å²) in [5.74, 6) is -0.946. The quantitative estimate of drug-likeness (QED) is 0.646. The van der Waals surface area contributed by atoms with E-state index in [-0.39, 0.29) is 24.1 Å². The molecule has 0 spiro atoms. The minimum absolute atomic E-state index is 0.0778. The van der Waals surface area contributed by atoms with Crippen molar-refractivity contribution in [3.63, 3.8) is 0 Å². The second-order valence-electron chi connectivity index (χ2n) is 8.26. The summed E-state index contributed by atoms with van der Waals surface area (Å²) in [6.07, 6.45) is 4.40. The molecule has 2 amide bonds. The fraction of sp³-hybridized carbons (Fsp3) is 0.391. The second kappa shape index (κ2) is 8.82. The van der Waals surface area contributed by atoms with Gasteiger partial charge in [0.05, 0.1) is 16.6 Å². The number of aryl methyl sites for hydroxylation is 2. The Hall–Kier alpha value is -3.07. The van der Waals surface area contributed by atoms with E-state index in [2.05, 4.69) is 10.3 Å². The Morgan fingerprint density at radius 1 is 1.28 bits per heavy atom. The summed E-state index contributed by atoms with van der Waals surface area (Å²) in [5, 5.41) is 3.01. The molecular weight excluding hydrogens is 431 g/mol. The number of thiophene rings is 1. The molecule has 3 heterocycles. The van der Waals surface area contributed by atoms with E-state index in [1.54, 1.807) is 26.0 Å². The van der Waals surface area contributed by atoms with Crippen molar-refractivity contribution in [2.75, 3.05) is 11.9 Å². The molecule has 4 rings (SSSR count). The largest absolute Gasteiger partial charge is 0.338 e. The Morgan fingerprint density at radius 2 is 2.06 bits per heavy atom. The zero-order valence-electron chi connectivity index (χ0n) is 18.3. The zero-order chi connectivity index (χ0) is 23.0. The Labute approximate surface area is 188 Å². The number of carbonyl (C=O) groups excluding carboxylic acids is 2. The van der Waals surface area contributed by atoms with E-state index in [1.807, 2.05) is 11.8 Å². The highest BCUT2D eigenvalue weighted by atomic mass is 32.1. The lowest BCUT2D eigenvalue weighted by atomic mass is 10.0. The fourth-order valence-corrected chi connectivity index (χ4v) is 5.09. The Morgan fingerprint density at radius 3 is 2.78 bits per heavy atom. The Bertz CT molecular complexity index is 1270. The molecule has 0 radical (unpaired) electrons. The van der Waals surface area contributed by atoms with Gasteiger partial charge in [-0.25, -0.2) is 9.37 Å². The van der Waals surface area contributed by atoms with Crippen LogP contribution >= 0.6 is 11.3 Å². The number of rotatable bonds is 4. The van der Waals surface area contributed by atoms with Gasteiger partial charge in [-0.05, 0) is 63.3 Å². The number of likely N-dealkylation sites (tertiary alicyclic amines) is 1. The summed E-state index contributed by atoms with van der Waals surface area (Å²) in [4.78, 5) is 45.6. The van der Waals surface area contributed by atoms with Crippen LogP contribution in [-0.2, 0) is 11.3 Å². The lowest BCUT2D eigenvalue weighted by Crippen LogP contribution is -2.44. The van der Waals surface area contributed by atoms with Crippen molar-refractivity contribution in [1.82, 2.24) is 14.5 Å². The van der Waals surface area contributed by atoms with Gasteiger partial charge in [-0.1, -0.05) is 6.07 Å². The lowest BCUT2D eigenvalue weighted by Gasteiger charge is -2.33. The number of halogens is 1. The first-order valence-electron chi connectivity index (χ1n) is 10.6. The highest BCUT2D eigenvalue weighted by Crippen LogP contribution is 2.28. The first-order chi connectivity index (χ1) is 15.3. The number of amides is 2. The summed E-state index contributed by atoms with van der Waals surface area (Å²) in [6, 6.07) is 4.63. The summed E-state index contributed by atoms with van der Waals surface area (Å²) in [7, 11) is 0. The number of aromatic nitrogens is 2. The van der Waals surface area contributed by atoms with Crippen LogP contribution in [0.3, 0.4) is 0 Å². The van der Waals surface area contributed by atoms with Crippen LogP contribution in [0.1, 0.15) is 47.0 Å². The van der Waals surface area contributed by atoms with Gasteiger partial charge in [0.25, 0.3) is 11.5 Å². The van der Waals surface area contributed by atoms with E-state index in [1.165, 1.54) is 17.0 Å². The van der Waals surface area contributed by atoms with Crippen molar-refractivity contribution in [2.45, 2.75) is 52.6 Å². The van der Waals surface area contributed by atoms with Crippen molar-refractivity contribution in [1.29, 1.82) is 0 Å². The third-order valence-electron chi connectivity index (χ3n) is 5.98. The monoisotopic (exact) mass is 456 g/mol. The molecule has 1 saturated heterocycles. The van der Waals surface area contributed by atoms with Gasteiger partial charge in [0.1, 0.15) is 17.2 Å². The Kier molecular flexibility index (Phi) is 6.10. The number of hydrogen-bond donors (Lipinski definition) is 1.